The Kier molecular flexibility index (Phi) is 10.6. The van der Waals surface area contributed by atoms with Crippen LogP contribution in [0.3, 0.4) is 0 Å². The Labute approximate surface area is 256 Å². The molecule has 0 aliphatic heterocycles. The monoisotopic (exact) mass is 635 g/mol. The lowest BCUT2D eigenvalue weighted by Crippen LogP contribution is -2.53. The number of carbonyl (C=O) groups is 2. The van der Waals surface area contributed by atoms with Gasteiger partial charge in [0.25, 0.3) is 10.0 Å². The predicted molar refractivity (Wildman–Crippen MR) is 164 cm³/mol. The summed E-state index contributed by atoms with van der Waals surface area (Å²) in [5.74, 6) is -0.811. The minimum absolute atomic E-state index is 0.000771. The van der Waals surface area contributed by atoms with E-state index in [2.05, 4.69) is 5.32 Å². The van der Waals surface area contributed by atoms with E-state index in [0.717, 1.165) is 35.6 Å². The summed E-state index contributed by atoms with van der Waals surface area (Å²) in [7, 11) is -4.22. The van der Waals surface area contributed by atoms with Crippen molar-refractivity contribution in [2.45, 2.75) is 62.6 Å². The van der Waals surface area contributed by atoms with Crippen LogP contribution in [0.15, 0.2) is 77.7 Å². The zero-order chi connectivity index (χ0) is 29.6. The molecule has 7 nitrogen and oxygen atoms in total. The van der Waals surface area contributed by atoms with Gasteiger partial charge in [0.05, 0.1) is 10.6 Å². The molecule has 2 amide bonds. The molecule has 0 saturated heterocycles. The second-order valence-corrected chi connectivity index (χ2v) is 13.2. The lowest BCUT2D eigenvalue weighted by molar-refractivity contribution is -0.140. The quantitative estimate of drug-likeness (QED) is 0.254. The Morgan fingerprint density at radius 3 is 2.10 bits per heavy atom. The molecule has 1 aliphatic carbocycles. The van der Waals surface area contributed by atoms with Crippen LogP contribution >= 0.6 is 34.8 Å². The Bertz CT molecular complexity index is 1440. The van der Waals surface area contributed by atoms with E-state index < -0.39 is 28.5 Å². The molecule has 0 bridgehead atoms. The normalized spacial score (nSPS) is 14.4. The lowest BCUT2D eigenvalue weighted by atomic mass is 10.1. The Morgan fingerprint density at radius 1 is 0.902 bits per heavy atom. The minimum atomic E-state index is -4.22. The highest BCUT2D eigenvalue weighted by Crippen LogP contribution is 2.30. The number of nitrogens with one attached hydrogen (secondary N) is 1. The zero-order valence-corrected chi connectivity index (χ0v) is 25.7. The van der Waals surface area contributed by atoms with Crippen molar-refractivity contribution < 1.29 is 18.0 Å². The summed E-state index contributed by atoms with van der Waals surface area (Å²) in [6.45, 7) is 1.34. The molecule has 11 heteroatoms. The Balaban J connectivity index is 1.72. The molecule has 0 radical (unpaired) electrons. The number of benzene rings is 3. The molecule has 0 heterocycles. The smallest absolute Gasteiger partial charge is 0.264 e. The molecule has 4 rings (SSSR count). The third-order valence-electron chi connectivity index (χ3n) is 7.10. The van der Waals surface area contributed by atoms with E-state index in [-0.39, 0.29) is 39.1 Å². The van der Waals surface area contributed by atoms with Crippen LogP contribution in [0, 0.1) is 0 Å². The maximum Gasteiger partial charge on any atom is 0.264 e. The maximum absolute atomic E-state index is 14.1. The van der Waals surface area contributed by atoms with Gasteiger partial charge in [-0.15, -0.1) is 0 Å². The molecule has 3 aromatic carbocycles. The van der Waals surface area contributed by atoms with Gasteiger partial charge in [-0.05, 0) is 67.3 Å². The highest BCUT2D eigenvalue weighted by atomic mass is 35.5. The van der Waals surface area contributed by atoms with Crippen LogP contribution in [0.2, 0.25) is 15.1 Å². The van der Waals surface area contributed by atoms with Gasteiger partial charge in [0.15, 0.2) is 0 Å². The largest absolute Gasteiger partial charge is 0.352 e. The van der Waals surface area contributed by atoms with Crippen LogP contribution in [-0.2, 0) is 26.2 Å². The molecule has 218 valence electrons. The third-order valence-corrected chi connectivity index (χ3v) is 9.58. The van der Waals surface area contributed by atoms with Gasteiger partial charge >= 0.3 is 0 Å². The SMILES string of the molecule is CC[C@H](C(=O)NC1CCCC1)N(Cc1ccc(Cl)cc1)C(=O)CN(c1cc(Cl)cc(Cl)c1)S(=O)(=O)c1ccccc1. The fourth-order valence-electron chi connectivity index (χ4n) is 5.01. The molecule has 0 aromatic heterocycles. The highest BCUT2D eigenvalue weighted by Gasteiger charge is 2.34. The van der Waals surface area contributed by atoms with E-state index in [4.69, 9.17) is 34.8 Å². The fraction of sp³-hybridized carbons (Fsp3) is 0.333. The summed E-state index contributed by atoms with van der Waals surface area (Å²) >= 11 is 18.6. The van der Waals surface area contributed by atoms with E-state index in [1.54, 1.807) is 42.5 Å². The van der Waals surface area contributed by atoms with Gasteiger partial charge in [0, 0.05) is 27.7 Å². The summed E-state index contributed by atoms with van der Waals surface area (Å²) < 4.78 is 28.8. The van der Waals surface area contributed by atoms with Crippen LogP contribution in [0.1, 0.15) is 44.6 Å². The number of anilines is 1. The van der Waals surface area contributed by atoms with Crippen LogP contribution in [0.5, 0.6) is 0 Å². The molecule has 1 atom stereocenters. The molecule has 0 unspecified atom stereocenters. The van der Waals surface area contributed by atoms with Gasteiger partial charge in [-0.3, -0.25) is 13.9 Å². The van der Waals surface area contributed by atoms with Gasteiger partial charge in [-0.1, -0.05) is 84.9 Å². The predicted octanol–water partition coefficient (Wildman–Crippen LogP) is 6.71. The van der Waals surface area contributed by atoms with Gasteiger partial charge in [0.2, 0.25) is 11.8 Å². The fourth-order valence-corrected chi connectivity index (χ4v) is 7.06. The molecule has 1 N–H and O–H groups in total. The van der Waals surface area contributed by atoms with Crippen LogP contribution in [0.4, 0.5) is 5.69 Å². The Morgan fingerprint density at radius 2 is 1.51 bits per heavy atom. The van der Waals surface area contributed by atoms with Crippen molar-refractivity contribution in [1.82, 2.24) is 10.2 Å². The van der Waals surface area contributed by atoms with Crippen molar-refractivity contribution in [1.29, 1.82) is 0 Å². The van der Waals surface area contributed by atoms with E-state index >= 15 is 0 Å². The number of sulfonamides is 1. The van der Waals surface area contributed by atoms with Crippen LogP contribution in [-0.4, -0.2) is 43.8 Å². The first-order chi connectivity index (χ1) is 19.6. The van der Waals surface area contributed by atoms with Crippen molar-refractivity contribution in [3.8, 4) is 0 Å². The number of amides is 2. The number of hydrogen-bond acceptors (Lipinski definition) is 4. The number of halogens is 3. The van der Waals surface area contributed by atoms with E-state index in [1.165, 1.54) is 35.2 Å². The number of rotatable bonds is 11. The van der Waals surface area contributed by atoms with Gasteiger partial charge in [0.1, 0.15) is 12.6 Å². The first kappa shape index (κ1) is 31.2. The second kappa shape index (κ2) is 13.9. The summed E-state index contributed by atoms with van der Waals surface area (Å²) in [6.07, 6.45) is 4.22. The first-order valence-electron chi connectivity index (χ1n) is 13.5. The highest BCUT2D eigenvalue weighted by molar-refractivity contribution is 7.92. The number of nitrogens with zero attached hydrogens (tertiary/aromatic N) is 2. The topological polar surface area (TPSA) is 86.8 Å². The first-order valence-corrected chi connectivity index (χ1v) is 16.0. The van der Waals surface area contributed by atoms with Crippen molar-refractivity contribution in [3.05, 3.63) is 93.4 Å². The van der Waals surface area contributed by atoms with Crippen molar-refractivity contribution in [2.24, 2.45) is 0 Å². The van der Waals surface area contributed by atoms with Crippen molar-refractivity contribution in [3.63, 3.8) is 0 Å². The summed E-state index contributed by atoms with van der Waals surface area (Å²) in [5, 5.41) is 4.07. The van der Waals surface area contributed by atoms with E-state index in [0.29, 0.717) is 11.4 Å². The summed E-state index contributed by atoms with van der Waals surface area (Å²) in [4.78, 5) is 29.1. The van der Waals surface area contributed by atoms with Gasteiger partial charge in [-0.2, -0.15) is 0 Å². The van der Waals surface area contributed by atoms with E-state index in [9.17, 15) is 18.0 Å². The molecule has 1 saturated carbocycles. The molecular formula is C30H32Cl3N3O4S. The molecule has 1 aliphatic rings. The Hall–Kier alpha value is -2.78. The molecule has 3 aromatic rings. The average Bonchev–Trinajstić information content (AvgIpc) is 3.45. The van der Waals surface area contributed by atoms with Crippen LogP contribution in [0.25, 0.3) is 0 Å². The zero-order valence-electron chi connectivity index (χ0n) is 22.6. The summed E-state index contributed by atoms with van der Waals surface area (Å²) in [6, 6.07) is 18.4. The van der Waals surface area contributed by atoms with Crippen molar-refractivity contribution in [2.75, 3.05) is 10.8 Å². The number of hydrogen-bond donors (Lipinski definition) is 1. The van der Waals surface area contributed by atoms with Crippen LogP contribution < -0.4 is 9.62 Å². The second-order valence-electron chi connectivity index (χ2n) is 10.0. The van der Waals surface area contributed by atoms with Gasteiger partial charge < -0.3 is 10.2 Å². The maximum atomic E-state index is 14.1. The summed E-state index contributed by atoms with van der Waals surface area (Å²) in [5.41, 5.74) is 0.882. The third kappa shape index (κ3) is 7.95. The van der Waals surface area contributed by atoms with Crippen molar-refractivity contribution >= 4 is 62.3 Å². The minimum Gasteiger partial charge on any atom is -0.352 e. The van der Waals surface area contributed by atoms with Gasteiger partial charge in [-0.25, -0.2) is 8.42 Å². The standard InChI is InChI=1S/C30H32Cl3N3O4S/c1-2-28(30(38)34-25-8-6-7-9-25)35(19-21-12-14-22(31)15-13-21)29(37)20-36(26-17-23(32)16-24(33)18-26)41(39,40)27-10-4-3-5-11-27/h3-5,10-18,25,28H,2,6-9,19-20H2,1H3,(H,34,38)/t28-/m1/s1. The van der Waals surface area contributed by atoms with E-state index in [1.807, 2.05) is 6.92 Å². The lowest BCUT2D eigenvalue weighted by Gasteiger charge is -2.34. The molecule has 41 heavy (non-hydrogen) atoms. The molecule has 1 fully saturated rings. The molecular weight excluding hydrogens is 605 g/mol. The number of carbonyl (C=O) groups excluding carboxylic acids is 2. The average molecular weight is 637 g/mol. The molecule has 0 spiro atoms.